The van der Waals surface area contributed by atoms with Crippen molar-refractivity contribution in [3.8, 4) is 0 Å². The van der Waals surface area contributed by atoms with Crippen molar-refractivity contribution < 1.29 is 1.43 Å². The van der Waals surface area contributed by atoms with Crippen LogP contribution in [0.4, 0.5) is 0 Å². The predicted octanol–water partition coefficient (Wildman–Crippen LogP) is 2.34. The summed E-state index contributed by atoms with van der Waals surface area (Å²) >= 11 is 0. The van der Waals surface area contributed by atoms with E-state index in [1.807, 2.05) is 13.8 Å². The van der Waals surface area contributed by atoms with E-state index in [2.05, 4.69) is 25.7 Å². The maximum Gasteiger partial charge on any atom is 0.0139 e. The van der Waals surface area contributed by atoms with E-state index >= 15 is 0 Å². The lowest BCUT2D eigenvalue weighted by atomic mass is 10.3. The standard InChI is InChI=1S/C8H20N2.C2H6.H2/c1-4-6-10(5-2)7-8(3)9;1-2;/h8H,4-7,9H2,1-3H3;1-2H3;1H. The van der Waals surface area contributed by atoms with Crippen LogP contribution in [0.25, 0.3) is 0 Å². The number of nitrogens with zero attached hydrogens (tertiary/aromatic N) is 1. The zero-order valence-electron chi connectivity index (χ0n) is 9.43. The Labute approximate surface area is 79.6 Å². The van der Waals surface area contributed by atoms with E-state index in [4.69, 9.17) is 5.73 Å². The summed E-state index contributed by atoms with van der Waals surface area (Å²) in [7, 11) is 0. The summed E-state index contributed by atoms with van der Waals surface area (Å²) in [5, 5.41) is 0. The second kappa shape index (κ2) is 10.9. The SMILES string of the molecule is CC.CCCN(CC)CC(C)N.[HH]. The molecule has 0 aliphatic rings. The zero-order chi connectivity index (χ0) is 9.98. The Morgan fingerprint density at radius 2 is 1.83 bits per heavy atom. The van der Waals surface area contributed by atoms with Gasteiger partial charge in [0.15, 0.2) is 0 Å². The van der Waals surface area contributed by atoms with Gasteiger partial charge in [-0.3, -0.25) is 0 Å². The lowest BCUT2D eigenvalue weighted by molar-refractivity contribution is 0.275. The van der Waals surface area contributed by atoms with Crippen molar-refractivity contribution in [3.05, 3.63) is 0 Å². The number of hydrogen-bond donors (Lipinski definition) is 1. The van der Waals surface area contributed by atoms with Gasteiger partial charge in [0.25, 0.3) is 0 Å². The van der Waals surface area contributed by atoms with Gasteiger partial charge in [0, 0.05) is 14.0 Å². The average Bonchev–Trinajstić information content (AvgIpc) is 2.07. The van der Waals surface area contributed by atoms with Crippen molar-refractivity contribution in [1.82, 2.24) is 4.90 Å². The molecular weight excluding hydrogens is 148 g/mol. The third-order valence-electron chi connectivity index (χ3n) is 1.53. The summed E-state index contributed by atoms with van der Waals surface area (Å²) in [5.41, 5.74) is 5.66. The topological polar surface area (TPSA) is 29.3 Å². The van der Waals surface area contributed by atoms with Gasteiger partial charge >= 0.3 is 0 Å². The molecule has 0 radical (unpaired) electrons. The Bertz CT molecular complexity index is 77.3. The molecule has 1 atom stereocenters. The fourth-order valence-electron chi connectivity index (χ4n) is 1.10. The van der Waals surface area contributed by atoms with Gasteiger partial charge in [-0.25, -0.2) is 0 Å². The van der Waals surface area contributed by atoms with Crippen molar-refractivity contribution in [2.75, 3.05) is 19.6 Å². The van der Waals surface area contributed by atoms with Crippen LogP contribution in [0.15, 0.2) is 0 Å². The Hall–Kier alpha value is -0.0800. The van der Waals surface area contributed by atoms with Crippen LogP contribution in [0.2, 0.25) is 0 Å². The van der Waals surface area contributed by atoms with E-state index in [0.717, 1.165) is 13.1 Å². The summed E-state index contributed by atoms with van der Waals surface area (Å²) in [6.45, 7) is 13.8. The highest BCUT2D eigenvalue weighted by Crippen LogP contribution is 1.91. The molecule has 78 valence electrons. The fourth-order valence-corrected chi connectivity index (χ4v) is 1.10. The van der Waals surface area contributed by atoms with Crippen LogP contribution in [-0.2, 0) is 0 Å². The second-order valence-corrected chi connectivity index (χ2v) is 2.87. The molecule has 0 saturated heterocycles. The summed E-state index contributed by atoms with van der Waals surface area (Å²) in [6, 6.07) is 0.312. The average molecular weight is 176 g/mol. The molecule has 0 aliphatic heterocycles. The van der Waals surface area contributed by atoms with Crippen molar-refractivity contribution in [2.45, 2.75) is 47.1 Å². The normalized spacial score (nSPS) is 12.2. The van der Waals surface area contributed by atoms with Crippen molar-refractivity contribution >= 4 is 0 Å². The van der Waals surface area contributed by atoms with Gasteiger partial charge in [-0.05, 0) is 26.4 Å². The van der Waals surface area contributed by atoms with E-state index in [0.29, 0.717) is 6.04 Å². The van der Waals surface area contributed by atoms with Crippen LogP contribution in [0.1, 0.15) is 42.5 Å². The van der Waals surface area contributed by atoms with Crippen LogP contribution in [-0.4, -0.2) is 30.6 Å². The predicted molar refractivity (Wildman–Crippen MR) is 59.5 cm³/mol. The lowest BCUT2D eigenvalue weighted by Crippen LogP contribution is -2.35. The quantitative estimate of drug-likeness (QED) is 0.696. The maximum absolute atomic E-state index is 5.66. The molecule has 2 N–H and O–H groups in total. The van der Waals surface area contributed by atoms with Gasteiger partial charge in [0.05, 0.1) is 0 Å². The molecule has 0 bridgehead atoms. The largest absolute Gasteiger partial charge is 0.327 e. The van der Waals surface area contributed by atoms with Gasteiger partial charge in [0.2, 0.25) is 0 Å². The Balaban J connectivity index is -0.000000309. The first kappa shape index (κ1) is 14.4. The highest BCUT2D eigenvalue weighted by Gasteiger charge is 2.02. The third-order valence-corrected chi connectivity index (χ3v) is 1.53. The molecule has 0 fully saturated rings. The summed E-state index contributed by atoms with van der Waals surface area (Å²) < 4.78 is 0. The first-order valence-electron chi connectivity index (χ1n) is 5.18. The van der Waals surface area contributed by atoms with E-state index in [1.54, 1.807) is 0 Å². The maximum atomic E-state index is 5.66. The summed E-state index contributed by atoms with van der Waals surface area (Å²) in [4.78, 5) is 2.38. The van der Waals surface area contributed by atoms with E-state index < -0.39 is 0 Å². The Kier molecular flexibility index (Phi) is 13.1. The highest BCUT2D eigenvalue weighted by molar-refractivity contribution is 4.61. The Morgan fingerprint density at radius 1 is 1.33 bits per heavy atom. The minimum atomic E-state index is 0. The molecule has 0 aliphatic carbocycles. The van der Waals surface area contributed by atoms with E-state index in [-0.39, 0.29) is 1.43 Å². The molecule has 0 heterocycles. The number of likely N-dealkylation sites (N-methyl/N-ethyl adjacent to an activating group) is 1. The molecule has 0 rings (SSSR count). The summed E-state index contributed by atoms with van der Waals surface area (Å²) in [6.07, 6.45) is 1.22. The van der Waals surface area contributed by atoms with Gasteiger partial charge in [-0.2, -0.15) is 0 Å². The molecule has 0 aromatic rings. The third kappa shape index (κ3) is 9.92. The van der Waals surface area contributed by atoms with Gasteiger partial charge < -0.3 is 10.6 Å². The van der Waals surface area contributed by atoms with Crippen LogP contribution >= 0.6 is 0 Å². The number of rotatable bonds is 5. The second-order valence-electron chi connectivity index (χ2n) is 2.87. The van der Waals surface area contributed by atoms with Crippen LogP contribution in [0.5, 0.6) is 0 Å². The molecule has 0 amide bonds. The number of hydrogen-bond acceptors (Lipinski definition) is 2. The van der Waals surface area contributed by atoms with E-state index in [1.165, 1.54) is 13.0 Å². The van der Waals surface area contributed by atoms with Crippen molar-refractivity contribution in [1.29, 1.82) is 0 Å². The monoisotopic (exact) mass is 176 g/mol. The molecule has 2 nitrogen and oxygen atoms in total. The first-order valence-corrected chi connectivity index (χ1v) is 5.18. The lowest BCUT2D eigenvalue weighted by Gasteiger charge is -2.21. The molecule has 0 aromatic carbocycles. The summed E-state index contributed by atoms with van der Waals surface area (Å²) in [5.74, 6) is 0. The molecule has 12 heavy (non-hydrogen) atoms. The van der Waals surface area contributed by atoms with Crippen LogP contribution < -0.4 is 5.73 Å². The van der Waals surface area contributed by atoms with Gasteiger partial charge in [-0.1, -0.05) is 27.7 Å². The minimum absolute atomic E-state index is 0. The van der Waals surface area contributed by atoms with Crippen molar-refractivity contribution in [3.63, 3.8) is 0 Å². The smallest absolute Gasteiger partial charge is 0.0139 e. The molecular formula is C10H28N2. The van der Waals surface area contributed by atoms with E-state index in [9.17, 15) is 0 Å². The zero-order valence-corrected chi connectivity index (χ0v) is 9.43. The molecule has 2 heteroatoms. The molecule has 1 unspecified atom stereocenters. The molecule has 0 saturated carbocycles. The molecule has 0 aromatic heterocycles. The molecule has 0 spiro atoms. The van der Waals surface area contributed by atoms with Gasteiger partial charge in [-0.15, -0.1) is 0 Å². The first-order chi connectivity index (χ1) is 5.70. The van der Waals surface area contributed by atoms with Crippen molar-refractivity contribution in [2.24, 2.45) is 5.73 Å². The minimum Gasteiger partial charge on any atom is -0.327 e. The highest BCUT2D eigenvalue weighted by atomic mass is 15.1. The van der Waals surface area contributed by atoms with Crippen LogP contribution in [0, 0.1) is 0 Å². The fraction of sp³-hybridized carbons (Fsp3) is 1.00. The van der Waals surface area contributed by atoms with Gasteiger partial charge in [0.1, 0.15) is 0 Å². The Morgan fingerprint density at radius 3 is 2.08 bits per heavy atom. The number of nitrogens with two attached hydrogens (primary N) is 1. The van der Waals surface area contributed by atoms with Crippen LogP contribution in [0.3, 0.4) is 0 Å².